The quantitative estimate of drug-likeness (QED) is 0.197. The van der Waals surface area contributed by atoms with Gasteiger partial charge in [-0.1, -0.05) is 36.4 Å². The Morgan fingerprint density at radius 2 is 1.88 bits per heavy atom. The van der Waals surface area contributed by atoms with E-state index >= 15 is 0 Å². The van der Waals surface area contributed by atoms with Crippen LogP contribution < -0.4 is 5.32 Å². The Balaban J connectivity index is 0.00000529. The summed E-state index contributed by atoms with van der Waals surface area (Å²) in [4.78, 5) is 8.88. The minimum atomic E-state index is 0. The molecule has 0 aromatic heterocycles. The van der Waals surface area contributed by atoms with Crippen molar-refractivity contribution in [2.24, 2.45) is 4.99 Å². The number of aliphatic imine (C=N–C) groups is 1. The highest BCUT2D eigenvalue weighted by Gasteiger charge is 2.05. The molecule has 0 fully saturated rings. The summed E-state index contributed by atoms with van der Waals surface area (Å²) in [6, 6.07) is 10.6. The predicted molar refractivity (Wildman–Crippen MR) is 116 cm³/mol. The van der Waals surface area contributed by atoms with Crippen molar-refractivity contribution >= 4 is 29.9 Å². The zero-order valence-electron chi connectivity index (χ0n) is 15.4. The average molecular weight is 444 g/mol. The van der Waals surface area contributed by atoms with Gasteiger partial charge in [0.2, 0.25) is 0 Å². The van der Waals surface area contributed by atoms with Crippen molar-refractivity contribution in [3.8, 4) is 0 Å². The number of nitrogens with one attached hydrogen (secondary N) is 1. The number of hydrogen-bond acceptors (Lipinski definition) is 2. The number of benzene rings is 1. The molecule has 0 aliphatic heterocycles. The number of guanidine groups is 1. The summed E-state index contributed by atoms with van der Waals surface area (Å²) in [6.45, 7) is 7.77. The van der Waals surface area contributed by atoms with E-state index in [9.17, 15) is 0 Å². The molecule has 0 atom stereocenters. The van der Waals surface area contributed by atoms with Crippen LogP contribution in [0.1, 0.15) is 24.8 Å². The second-order valence-electron chi connectivity index (χ2n) is 5.90. The van der Waals surface area contributed by atoms with Crippen LogP contribution in [-0.2, 0) is 6.54 Å². The first-order valence-electron chi connectivity index (χ1n) is 8.42. The van der Waals surface area contributed by atoms with Gasteiger partial charge in [0.25, 0.3) is 0 Å². The first-order valence-corrected chi connectivity index (χ1v) is 8.42. The normalized spacial score (nSPS) is 11.1. The van der Waals surface area contributed by atoms with E-state index in [-0.39, 0.29) is 24.0 Å². The van der Waals surface area contributed by atoms with E-state index in [0.29, 0.717) is 0 Å². The van der Waals surface area contributed by atoms with E-state index in [1.807, 2.05) is 13.1 Å². The molecule has 0 bridgehead atoms. The SMILES string of the molecule is C=CCCCN(C)C(=NC)NCCCN(C)Cc1ccccc1.I. The van der Waals surface area contributed by atoms with E-state index < -0.39 is 0 Å². The topological polar surface area (TPSA) is 30.9 Å². The molecule has 1 aromatic rings. The van der Waals surface area contributed by atoms with Crippen molar-refractivity contribution in [3.63, 3.8) is 0 Å². The van der Waals surface area contributed by atoms with Gasteiger partial charge in [-0.15, -0.1) is 30.6 Å². The first-order chi connectivity index (χ1) is 11.2. The molecule has 0 unspecified atom stereocenters. The molecule has 1 N–H and O–H groups in total. The molecule has 4 nitrogen and oxygen atoms in total. The lowest BCUT2D eigenvalue weighted by Gasteiger charge is -2.22. The molecule has 0 spiro atoms. The molecule has 24 heavy (non-hydrogen) atoms. The molecule has 0 amide bonds. The van der Waals surface area contributed by atoms with Gasteiger partial charge in [-0.25, -0.2) is 0 Å². The summed E-state index contributed by atoms with van der Waals surface area (Å²) < 4.78 is 0. The summed E-state index contributed by atoms with van der Waals surface area (Å²) in [7, 11) is 6.09. The maximum atomic E-state index is 4.34. The number of hydrogen-bond donors (Lipinski definition) is 1. The zero-order chi connectivity index (χ0) is 16.9. The van der Waals surface area contributed by atoms with E-state index in [0.717, 1.165) is 51.4 Å². The van der Waals surface area contributed by atoms with E-state index in [1.54, 1.807) is 0 Å². The van der Waals surface area contributed by atoms with E-state index in [2.05, 4.69) is 71.1 Å². The Kier molecular flexibility index (Phi) is 13.6. The average Bonchev–Trinajstić information content (AvgIpc) is 2.56. The smallest absolute Gasteiger partial charge is 0.193 e. The largest absolute Gasteiger partial charge is 0.356 e. The fourth-order valence-electron chi connectivity index (χ4n) is 2.49. The van der Waals surface area contributed by atoms with Gasteiger partial charge in [-0.05, 0) is 38.4 Å². The fourth-order valence-corrected chi connectivity index (χ4v) is 2.49. The van der Waals surface area contributed by atoms with Crippen molar-refractivity contribution in [2.45, 2.75) is 25.8 Å². The fraction of sp³-hybridized carbons (Fsp3) is 0.526. The highest BCUT2D eigenvalue weighted by molar-refractivity contribution is 14.0. The van der Waals surface area contributed by atoms with Gasteiger partial charge in [0.15, 0.2) is 5.96 Å². The summed E-state index contributed by atoms with van der Waals surface area (Å²) >= 11 is 0. The number of allylic oxidation sites excluding steroid dienone is 1. The maximum absolute atomic E-state index is 4.34. The third kappa shape index (κ3) is 9.93. The Morgan fingerprint density at radius 1 is 1.17 bits per heavy atom. The van der Waals surface area contributed by atoms with Crippen LogP contribution in [0.5, 0.6) is 0 Å². The lowest BCUT2D eigenvalue weighted by atomic mass is 10.2. The molecule has 0 aliphatic rings. The van der Waals surface area contributed by atoms with Crippen molar-refractivity contribution in [2.75, 3.05) is 40.8 Å². The second-order valence-corrected chi connectivity index (χ2v) is 5.90. The van der Waals surface area contributed by atoms with E-state index in [1.165, 1.54) is 5.56 Å². The van der Waals surface area contributed by atoms with Crippen LogP contribution in [0.4, 0.5) is 0 Å². The zero-order valence-corrected chi connectivity index (χ0v) is 17.7. The van der Waals surface area contributed by atoms with Crippen LogP contribution >= 0.6 is 24.0 Å². The highest BCUT2D eigenvalue weighted by atomic mass is 127. The molecular formula is C19H33IN4. The Bertz CT molecular complexity index is 462. The van der Waals surface area contributed by atoms with E-state index in [4.69, 9.17) is 0 Å². The number of nitrogens with zero attached hydrogens (tertiary/aromatic N) is 3. The van der Waals surface area contributed by atoms with Gasteiger partial charge >= 0.3 is 0 Å². The first kappa shape index (κ1) is 22.9. The molecule has 0 heterocycles. The van der Waals surface area contributed by atoms with Crippen LogP contribution in [0.2, 0.25) is 0 Å². The summed E-state index contributed by atoms with van der Waals surface area (Å²) in [5, 5.41) is 3.44. The lowest BCUT2D eigenvalue weighted by molar-refractivity contribution is 0.321. The molecular weight excluding hydrogens is 411 g/mol. The van der Waals surface area contributed by atoms with Crippen LogP contribution in [-0.4, -0.2) is 56.5 Å². The lowest BCUT2D eigenvalue weighted by Crippen LogP contribution is -2.40. The predicted octanol–water partition coefficient (Wildman–Crippen LogP) is 3.60. The molecule has 0 radical (unpaired) electrons. The number of halogens is 1. The number of rotatable bonds is 10. The molecule has 0 saturated heterocycles. The van der Waals surface area contributed by atoms with Crippen LogP contribution in [0, 0.1) is 0 Å². The van der Waals surface area contributed by atoms with Crippen LogP contribution in [0.15, 0.2) is 48.0 Å². The van der Waals surface area contributed by atoms with Crippen LogP contribution in [0.3, 0.4) is 0 Å². The van der Waals surface area contributed by atoms with Crippen molar-refractivity contribution in [1.29, 1.82) is 0 Å². The summed E-state index contributed by atoms with van der Waals surface area (Å²) in [6.07, 6.45) is 5.22. The third-order valence-corrected chi connectivity index (χ3v) is 3.77. The standard InChI is InChI=1S/C19H32N4.HI/c1-5-6-10-16-23(4)19(20-2)21-14-11-15-22(3)17-18-12-8-7-9-13-18;/h5,7-9,12-13H,1,6,10-11,14-17H2,2-4H3,(H,20,21);1H. The van der Waals surface area contributed by atoms with Crippen molar-refractivity contribution in [3.05, 3.63) is 48.6 Å². The second kappa shape index (κ2) is 14.3. The van der Waals surface area contributed by atoms with Gasteiger partial charge in [0, 0.05) is 33.7 Å². The monoisotopic (exact) mass is 444 g/mol. The summed E-state index contributed by atoms with van der Waals surface area (Å²) in [5.41, 5.74) is 1.36. The van der Waals surface area contributed by atoms with Crippen molar-refractivity contribution < 1.29 is 0 Å². The molecule has 0 saturated carbocycles. The summed E-state index contributed by atoms with van der Waals surface area (Å²) in [5.74, 6) is 0.972. The van der Waals surface area contributed by atoms with Gasteiger partial charge in [-0.3, -0.25) is 4.99 Å². The van der Waals surface area contributed by atoms with Crippen molar-refractivity contribution in [1.82, 2.24) is 15.1 Å². The molecule has 1 rings (SSSR count). The van der Waals surface area contributed by atoms with Gasteiger partial charge in [0.05, 0.1) is 0 Å². The minimum absolute atomic E-state index is 0. The Morgan fingerprint density at radius 3 is 2.50 bits per heavy atom. The Labute approximate surface area is 165 Å². The van der Waals surface area contributed by atoms with Gasteiger partial charge < -0.3 is 15.1 Å². The molecule has 5 heteroatoms. The third-order valence-electron chi connectivity index (χ3n) is 3.77. The Hall–Kier alpha value is -1.08. The highest BCUT2D eigenvalue weighted by Crippen LogP contribution is 2.02. The van der Waals surface area contributed by atoms with Gasteiger partial charge in [0.1, 0.15) is 0 Å². The maximum Gasteiger partial charge on any atom is 0.193 e. The molecule has 0 aliphatic carbocycles. The minimum Gasteiger partial charge on any atom is -0.356 e. The number of unbranched alkanes of at least 4 members (excludes halogenated alkanes) is 1. The molecule has 136 valence electrons. The van der Waals surface area contributed by atoms with Crippen LogP contribution in [0.25, 0.3) is 0 Å². The van der Waals surface area contributed by atoms with Gasteiger partial charge in [-0.2, -0.15) is 0 Å². The molecule has 1 aromatic carbocycles.